The highest BCUT2D eigenvalue weighted by molar-refractivity contribution is 5.91. The van der Waals surface area contributed by atoms with E-state index in [-0.39, 0.29) is 22.3 Å². The summed E-state index contributed by atoms with van der Waals surface area (Å²) in [6, 6.07) is 32.9. The van der Waals surface area contributed by atoms with Crippen LogP contribution in [-0.4, -0.2) is 67.3 Å². The van der Waals surface area contributed by atoms with Crippen LogP contribution in [0.1, 0.15) is 55.3 Å². The molecule has 47 heavy (non-hydrogen) atoms. The van der Waals surface area contributed by atoms with Gasteiger partial charge >= 0.3 is 23.9 Å². The van der Waals surface area contributed by atoms with Gasteiger partial charge < -0.3 is 28.4 Å². The second-order valence-electron chi connectivity index (χ2n) is 10.9. The molecule has 4 aromatic carbocycles. The number of hydrogen-bond donors (Lipinski definition) is 0. The summed E-state index contributed by atoms with van der Waals surface area (Å²) in [6.45, 7) is 3.07. The lowest BCUT2D eigenvalue weighted by Crippen LogP contribution is -2.63. The zero-order valence-corrected chi connectivity index (χ0v) is 25.8. The lowest BCUT2D eigenvalue weighted by Gasteiger charge is -2.44. The van der Waals surface area contributed by atoms with Crippen LogP contribution in [-0.2, 0) is 28.4 Å². The van der Waals surface area contributed by atoms with Gasteiger partial charge in [-0.1, -0.05) is 72.8 Å². The van der Waals surface area contributed by atoms with Gasteiger partial charge in [0, 0.05) is 0 Å². The molecular formula is C37H34O10. The Morgan fingerprint density at radius 2 is 0.894 bits per heavy atom. The first-order valence-electron chi connectivity index (χ1n) is 15.1. The van der Waals surface area contributed by atoms with Crippen molar-refractivity contribution in [1.82, 2.24) is 0 Å². The molecule has 0 spiro atoms. The van der Waals surface area contributed by atoms with Crippen molar-refractivity contribution >= 4 is 23.9 Å². The van der Waals surface area contributed by atoms with Gasteiger partial charge in [-0.05, 0) is 62.4 Å². The molecule has 0 N–H and O–H groups in total. The second-order valence-corrected chi connectivity index (χ2v) is 10.9. The van der Waals surface area contributed by atoms with Crippen LogP contribution in [0.15, 0.2) is 121 Å². The van der Waals surface area contributed by atoms with Gasteiger partial charge in [0.1, 0.15) is 12.7 Å². The number of carbonyl (C=O) groups excluding carboxylic acids is 4. The number of benzene rings is 4. The molecule has 5 rings (SSSR count). The number of esters is 4. The monoisotopic (exact) mass is 638 g/mol. The standard InChI is InChI=1S/C37H34O10/c1-24(2)43-37-32(47-36(41)28-21-13-6-14-22-28)31(46-35(40)27-19-11-5-12-20-27)30(45-34(39)26-17-9-4-10-18-26)29(44-37)23-42-33(38)25-15-7-3-8-16-25/h3-22,24,29-32,37H,23H2,1-2H3/t29?,30-,31-,32?,37+/m1/s1. The maximum atomic E-state index is 13.5. The van der Waals surface area contributed by atoms with Gasteiger partial charge in [-0.25, -0.2) is 19.2 Å². The third-order valence-corrected chi connectivity index (χ3v) is 7.14. The van der Waals surface area contributed by atoms with E-state index in [0.717, 1.165) is 0 Å². The molecule has 5 atom stereocenters. The molecule has 0 bridgehead atoms. The summed E-state index contributed by atoms with van der Waals surface area (Å²) in [5.41, 5.74) is 0.922. The minimum absolute atomic E-state index is 0.202. The van der Waals surface area contributed by atoms with Crippen LogP contribution in [0.2, 0.25) is 0 Å². The van der Waals surface area contributed by atoms with Crippen LogP contribution < -0.4 is 0 Å². The first-order valence-corrected chi connectivity index (χ1v) is 15.1. The summed E-state index contributed by atoms with van der Waals surface area (Å²) in [7, 11) is 0. The highest BCUT2D eigenvalue weighted by Crippen LogP contribution is 2.32. The Hall–Kier alpha value is -5.32. The fraction of sp³-hybridized carbons (Fsp3) is 0.243. The zero-order valence-electron chi connectivity index (χ0n) is 25.8. The topological polar surface area (TPSA) is 124 Å². The highest BCUT2D eigenvalue weighted by atomic mass is 16.7. The zero-order chi connectivity index (χ0) is 33.2. The largest absolute Gasteiger partial charge is 0.459 e. The third kappa shape index (κ3) is 8.69. The summed E-state index contributed by atoms with van der Waals surface area (Å²) in [6.07, 6.45) is -7.25. The van der Waals surface area contributed by atoms with E-state index < -0.39 is 67.3 Å². The molecule has 1 saturated heterocycles. The fourth-order valence-corrected chi connectivity index (χ4v) is 4.91. The highest BCUT2D eigenvalue weighted by Gasteiger charge is 2.54. The molecule has 0 amide bonds. The van der Waals surface area contributed by atoms with E-state index in [1.165, 1.54) is 0 Å². The molecule has 0 aromatic heterocycles. The van der Waals surface area contributed by atoms with Crippen molar-refractivity contribution in [3.8, 4) is 0 Å². The maximum absolute atomic E-state index is 13.5. The van der Waals surface area contributed by atoms with E-state index in [4.69, 9.17) is 28.4 Å². The summed E-state index contributed by atoms with van der Waals surface area (Å²) in [4.78, 5) is 53.3. The number of rotatable bonds is 11. The van der Waals surface area contributed by atoms with Crippen molar-refractivity contribution in [3.05, 3.63) is 144 Å². The van der Waals surface area contributed by atoms with E-state index in [2.05, 4.69) is 0 Å². The Morgan fingerprint density at radius 3 is 1.30 bits per heavy atom. The van der Waals surface area contributed by atoms with Crippen LogP contribution in [0.4, 0.5) is 0 Å². The Kier molecular flexibility index (Phi) is 11.1. The van der Waals surface area contributed by atoms with Gasteiger partial charge in [0.25, 0.3) is 0 Å². The molecule has 0 radical (unpaired) electrons. The first kappa shape index (κ1) is 33.1. The normalized spacial score (nSPS) is 20.5. The Bertz CT molecular complexity index is 1630. The molecule has 10 heteroatoms. The van der Waals surface area contributed by atoms with Crippen LogP contribution >= 0.6 is 0 Å². The Balaban J connectivity index is 1.54. The van der Waals surface area contributed by atoms with E-state index in [1.807, 2.05) is 0 Å². The van der Waals surface area contributed by atoms with Gasteiger partial charge in [0.2, 0.25) is 0 Å². The van der Waals surface area contributed by atoms with Crippen LogP contribution in [0.25, 0.3) is 0 Å². The summed E-state index contributed by atoms with van der Waals surface area (Å²) >= 11 is 0. The van der Waals surface area contributed by atoms with Crippen LogP contribution in [0.3, 0.4) is 0 Å². The van der Waals surface area contributed by atoms with Crippen molar-refractivity contribution in [3.63, 3.8) is 0 Å². The molecule has 242 valence electrons. The lowest BCUT2D eigenvalue weighted by atomic mass is 9.97. The third-order valence-electron chi connectivity index (χ3n) is 7.14. The average molecular weight is 639 g/mol. The minimum Gasteiger partial charge on any atom is -0.459 e. The van der Waals surface area contributed by atoms with E-state index in [0.29, 0.717) is 0 Å². The Labute approximate surface area is 272 Å². The van der Waals surface area contributed by atoms with Gasteiger partial charge in [0.05, 0.1) is 28.4 Å². The van der Waals surface area contributed by atoms with Crippen molar-refractivity contribution in [2.24, 2.45) is 0 Å². The van der Waals surface area contributed by atoms with E-state index in [1.54, 1.807) is 135 Å². The smallest absolute Gasteiger partial charge is 0.338 e. The molecule has 1 aliphatic heterocycles. The molecule has 1 heterocycles. The maximum Gasteiger partial charge on any atom is 0.338 e. The average Bonchev–Trinajstić information content (AvgIpc) is 3.10. The first-order chi connectivity index (χ1) is 22.8. The minimum atomic E-state index is -1.46. The fourth-order valence-electron chi connectivity index (χ4n) is 4.91. The van der Waals surface area contributed by atoms with Gasteiger partial charge in [0.15, 0.2) is 24.6 Å². The lowest BCUT2D eigenvalue weighted by molar-refractivity contribution is -0.305. The SMILES string of the molecule is CC(C)O[C@H]1OC(COC(=O)c2ccccc2)[C@@H](OC(=O)c2ccccc2)[C@@H](OC(=O)c2ccccc2)C1OC(=O)c1ccccc1. The predicted octanol–water partition coefficient (Wildman–Crippen LogP) is 5.67. The number of carbonyl (C=O) groups is 4. The summed E-state index contributed by atoms with van der Waals surface area (Å²) < 4.78 is 35.8. The molecular weight excluding hydrogens is 604 g/mol. The molecule has 0 saturated carbocycles. The number of hydrogen-bond acceptors (Lipinski definition) is 10. The van der Waals surface area contributed by atoms with Gasteiger partial charge in [-0.3, -0.25) is 0 Å². The van der Waals surface area contributed by atoms with Gasteiger partial charge in [-0.2, -0.15) is 0 Å². The molecule has 10 nitrogen and oxygen atoms in total. The van der Waals surface area contributed by atoms with Crippen molar-refractivity contribution < 1.29 is 47.6 Å². The van der Waals surface area contributed by atoms with Crippen LogP contribution in [0, 0.1) is 0 Å². The van der Waals surface area contributed by atoms with E-state index >= 15 is 0 Å². The van der Waals surface area contributed by atoms with Crippen LogP contribution in [0.5, 0.6) is 0 Å². The molecule has 4 aromatic rings. The van der Waals surface area contributed by atoms with Crippen molar-refractivity contribution in [1.29, 1.82) is 0 Å². The number of ether oxygens (including phenoxy) is 6. The molecule has 2 unspecified atom stereocenters. The second kappa shape index (κ2) is 15.8. The van der Waals surface area contributed by atoms with Crippen molar-refractivity contribution in [2.45, 2.75) is 50.7 Å². The summed E-state index contributed by atoms with van der Waals surface area (Å²) in [5.74, 6) is -2.95. The van der Waals surface area contributed by atoms with Crippen molar-refractivity contribution in [2.75, 3.05) is 6.61 Å². The Morgan fingerprint density at radius 1 is 0.532 bits per heavy atom. The van der Waals surface area contributed by atoms with E-state index in [9.17, 15) is 19.2 Å². The molecule has 1 fully saturated rings. The quantitative estimate of drug-likeness (QED) is 0.150. The predicted molar refractivity (Wildman–Crippen MR) is 169 cm³/mol. The summed E-state index contributed by atoms with van der Waals surface area (Å²) in [5, 5.41) is 0. The molecule has 1 aliphatic rings. The van der Waals surface area contributed by atoms with Gasteiger partial charge in [-0.15, -0.1) is 0 Å². The molecule has 0 aliphatic carbocycles.